The first kappa shape index (κ1) is 10.3. The van der Waals surface area contributed by atoms with Crippen molar-refractivity contribution in [3.63, 3.8) is 0 Å². The Kier molecular flexibility index (Phi) is 2.84. The Labute approximate surface area is 64.3 Å². The van der Waals surface area contributed by atoms with Crippen molar-refractivity contribution in [3.8, 4) is 0 Å². The summed E-state index contributed by atoms with van der Waals surface area (Å²) in [6.45, 7) is 0. The highest BCUT2D eigenvalue weighted by atomic mass is 35.7. The fourth-order valence-electron chi connectivity index (χ4n) is 0.160. The van der Waals surface area contributed by atoms with Crippen molar-refractivity contribution < 1.29 is 21.6 Å². The monoisotopic (exact) mass is 216 g/mol. The van der Waals surface area contributed by atoms with Gasteiger partial charge in [-0.1, -0.05) is 11.6 Å². The minimum absolute atomic E-state index is 3.03. The summed E-state index contributed by atoms with van der Waals surface area (Å²) in [6.07, 6.45) is -5.01. The summed E-state index contributed by atoms with van der Waals surface area (Å²) in [6, 6.07) is 0. The molecule has 1 atom stereocenters. The second kappa shape index (κ2) is 2.75. The maximum Gasteiger partial charge on any atom is 0.420 e. The molecule has 0 amide bonds. The molecule has 0 aromatic heterocycles. The first-order valence-corrected chi connectivity index (χ1v) is 4.61. The summed E-state index contributed by atoms with van der Waals surface area (Å²) in [5.41, 5.74) is 0. The molecule has 62 valence electrons. The SMILES string of the molecule is O=S(=O)(Cl)[C@@H](Cl)C(F)(F)F. The first-order chi connectivity index (χ1) is 4.15. The van der Waals surface area contributed by atoms with Gasteiger partial charge in [0.05, 0.1) is 0 Å². The van der Waals surface area contributed by atoms with Crippen molar-refractivity contribution >= 4 is 31.3 Å². The van der Waals surface area contributed by atoms with Crippen molar-refractivity contribution in [1.29, 1.82) is 0 Å². The van der Waals surface area contributed by atoms with E-state index in [-0.39, 0.29) is 0 Å². The third kappa shape index (κ3) is 2.94. The Bertz CT molecular complexity index is 207. The molecule has 0 N–H and O–H groups in total. The molecule has 0 aromatic carbocycles. The van der Waals surface area contributed by atoms with Crippen LogP contribution in [0.15, 0.2) is 0 Å². The van der Waals surface area contributed by atoms with Crippen LogP contribution in [0.25, 0.3) is 0 Å². The van der Waals surface area contributed by atoms with Gasteiger partial charge < -0.3 is 0 Å². The van der Waals surface area contributed by atoms with Gasteiger partial charge in [-0.15, -0.1) is 0 Å². The van der Waals surface area contributed by atoms with Crippen molar-refractivity contribution in [1.82, 2.24) is 0 Å². The van der Waals surface area contributed by atoms with Gasteiger partial charge in [-0.05, 0) is 0 Å². The molecule has 0 aliphatic heterocycles. The lowest BCUT2D eigenvalue weighted by molar-refractivity contribution is -0.114. The van der Waals surface area contributed by atoms with E-state index in [1.165, 1.54) is 0 Å². The van der Waals surface area contributed by atoms with Crippen LogP contribution in [0.4, 0.5) is 13.2 Å². The number of rotatable bonds is 1. The van der Waals surface area contributed by atoms with E-state index in [0.29, 0.717) is 0 Å². The Morgan fingerprint density at radius 3 is 1.60 bits per heavy atom. The number of halogens is 5. The molecule has 0 radical (unpaired) electrons. The molecule has 0 saturated heterocycles. The summed E-state index contributed by atoms with van der Waals surface area (Å²) in [5.74, 6) is 0. The fourth-order valence-corrected chi connectivity index (χ4v) is 0.782. The van der Waals surface area contributed by atoms with Crippen LogP contribution >= 0.6 is 22.3 Å². The number of hydrogen-bond donors (Lipinski definition) is 0. The second-order valence-corrected chi connectivity index (χ2v) is 4.74. The molecule has 0 saturated carbocycles. The lowest BCUT2D eigenvalue weighted by atomic mass is 10.8. The van der Waals surface area contributed by atoms with Crippen LogP contribution in [0.5, 0.6) is 0 Å². The Morgan fingerprint density at radius 1 is 1.30 bits per heavy atom. The molecule has 2 nitrogen and oxygen atoms in total. The van der Waals surface area contributed by atoms with Crippen molar-refractivity contribution in [2.45, 2.75) is 10.9 Å². The second-order valence-electron chi connectivity index (χ2n) is 1.33. The van der Waals surface area contributed by atoms with Crippen LogP contribution < -0.4 is 0 Å². The quantitative estimate of drug-likeness (QED) is 0.494. The molecule has 0 rings (SSSR count). The van der Waals surface area contributed by atoms with E-state index in [4.69, 9.17) is 0 Å². The van der Waals surface area contributed by atoms with E-state index in [1.807, 2.05) is 0 Å². The zero-order valence-electron chi connectivity index (χ0n) is 4.19. The fraction of sp³-hybridized carbons (Fsp3) is 1.00. The van der Waals surface area contributed by atoms with E-state index < -0.39 is 19.9 Å². The highest BCUT2D eigenvalue weighted by Gasteiger charge is 2.46. The minimum atomic E-state index is -5.01. The van der Waals surface area contributed by atoms with Crippen LogP contribution in [0.3, 0.4) is 0 Å². The lowest BCUT2D eigenvalue weighted by Gasteiger charge is -2.08. The predicted octanol–water partition coefficient (Wildman–Crippen LogP) is 1.68. The molecule has 0 bridgehead atoms. The molecule has 8 heteroatoms. The molecular weight excluding hydrogens is 216 g/mol. The smallest absolute Gasteiger partial charge is 0.210 e. The van der Waals surface area contributed by atoms with Crippen molar-refractivity contribution in [3.05, 3.63) is 0 Å². The molecule has 0 fully saturated rings. The molecule has 0 aliphatic rings. The van der Waals surface area contributed by atoms with Gasteiger partial charge in [0.2, 0.25) is 4.71 Å². The van der Waals surface area contributed by atoms with E-state index in [1.54, 1.807) is 0 Å². The molecule has 0 heterocycles. The van der Waals surface area contributed by atoms with Crippen molar-refractivity contribution in [2.75, 3.05) is 0 Å². The average Bonchev–Trinajstić information content (AvgIpc) is 1.59. The Hall–Kier alpha value is 0.320. The zero-order chi connectivity index (χ0) is 8.58. The zero-order valence-corrected chi connectivity index (χ0v) is 6.52. The largest absolute Gasteiger partial charge is 0.420 e. The molecule has 0 unspecified atom stereocenters. The van der Waals surface area contributed by atoms with Crippen LogP contribution in [0.2, 0.25) is 0 Å². The Morgan fingerprint density at radius 2 is 1.60 bits per heavy atom. The third-order valence-corrected chi connectivity index (χ3v) is 3.03. The van der Waals surface area contributed by atoms with Gasteiger partial charge in [-0.25, -0.2) is 8.42 Å². The molecule has 0 aliphatic carbocycles. The van der Waals surface area contributed by atoms with E-state index in [0.717, 1.165) is 0 Å². The van der Waals surface area contributed by atoms with Gasteiger partial charge >= 0.3 is 6.18 Å². The van der Waals surface area contributed by atoms with Gasteiger partial charge in [0.15, 0.2) is 0 Å². The third-order valence-electron chi connectivity index (χ3n) is 0.505. The van der Waals surface area contributed by atoms with Gasteiger partial charge in [-0.3, -0.25) is 0 Å². The van der Waals surface area contributed by atoms with Gasteiger partial charge in [-0.2, -0.15) is 13.2 Å². The highest BCUT2D eigenvalue weighted by Crippen LogP contribution is 2.30. The summed E-state index contributed by atoms with van der Waals surface area (Å²) >= 11 is 4.39. The minimum Gasteiger partial charge on any atom is -0.210 e. The van der Waals surface area contributed by atoms with Crippen LogP contribution in [0, 0.1) is 0 Å². The van der Waals surface area contributed by atoms with Gasteiger partial charge in [0.1, 0.15) is 0 Å². The molecule has 0 aromatic rings. The predicted molar refractivity (Wildman–Crippen MR) is 30.5 cm³/mol. The van der Waals surface area contributed by atoms with E-state index in [2.05, 4.69) is 22.3 Å². The highest BCUT2D eigenvalue weighted by molar-refractivity contribution is 8.15. The summed E-state index contributed by atoms with van der Waals surface area (Å²) in [5, 5.41) is 0. The van der Waals surface area contributed by atoms with Crippen LogP contribution in [-0.4, -0.2) is 19.3 Å². The average molecular weight is 217 g/mol. The first-order valence-electron chi connectivity index (χ1n) is 1.80. The number of alkyl halides is 4. The lowest BCUT2D eigenvalue weighted by Crippen LogP contribution is -2.28. The van der Waals surface area contributed by atoms with Gasteiger partial charge in [0, 0.05) is 10.7 Å². The number of hydrogen-bond acceptors (Lipinski definition) is 2. The maximum absolute atomic E-state index is 11.3. The van der Waals surface area contributed by atoms with Crippen LogP contribution in [-0.2, 0) is 9.05 Å². The molecule has 0 spiro atoms. The van der Waals surface area contributed by atoms with Crippen molar-refractivity contribution in [2.24, 2.45) is 0 Å². The summed E-state index contributed by atoms with van der Waals surface area (Å²) < 4.78 is 50.8. The summed E-state index contributed by atoms with van der Waals surface area (Å²) in [4.78, 5) is 0. The normalized spacial score (nSPS) is 16.9. The maximum atomic E-state index is 11.3. The topological polar surface area (TPSA) is 34.1 Å². The standard InChI is InChI=1S/C2HCl2F3O2S/c3-1(2(5,6)7)10(4,8)9/h1H/t1-/m1/s1. The van der Waals surface area contributed by atoms with E-state index >= 15 is 0 Å². The molecule has 10 heavy (non-hydrogen) atoms. The van der Waals surface area contributed by atoms with Gasteiger partial charge in [0.25, 0.3) is 9.05 Å². The molecular formula is C2HCl2F3O2S. The van der Waals surface area contributed by atoms with Crippen LogP contribution in [0.1, 0.15) is 0 Å². The summed E-state index contributed by atoms with van der Waals surface area (Å²) in [7, 11) is -0.459. The van der Waals surface area contributed by atoms with E-state index in [9.17, 15) is 21.6 Å². The Balaban J connectivity index is 4.56.